The van der Waals surface area contributed by atoms with Crippen LogP contribution in [0.25, 0.3) is 0 Å². The number of anilines is 1. The standard InChI is InChI=1S/C32H40ClN3O6S/c1-8-27(31(38)34-32(3,4)5)35(20-23-11-13-24(33)14-12-23)30(37)21-36(28-19-25(41-6)15-18-29(28)42-7)43(39,40)26-16-9-22(2)10-17-26/h9-19,27H,8,20-21H2,1-7H3,(H,34,38)/t27-/m0/s1. The maximum atomic E-state index is 14.3. The molecule has 2 amide bonds. The smallest absolute Gasteiger partial charge is 0.264 e. The topological polar surface area (TPSA) is 105 Å². The second-order valence-electron chi connectivity index (χ2n) is 11.2. The molecule has 0 radical (unpaired) electrons. The second-order valence-corrected chi connectivity index (χ2v) is 13.5. The van der Waals surface area contributed by atoms with E-state index in [2.05, 4.69) is 5.32 Å². The summed E-state index contributed by atoms with van der Waals surface area (Å²) in [6.07, 6.45) is 0.300. The van der Waals surface area contributed by atoms with Crippen molar-refractivity contribution in [2.45, 2.75) is 64.1 Å². The van der Waals surface area contributed by atoms with Gasteiger partial charge in [-0.2, -0.15) is 0 Å². The molecule has 0 aromatic heterocycles. The average Bonchev–Trinajstić information content (AvgIpc) is 2.95. The molecule has 3 aromatic rings. The number of nitrogens with zero attached hydrogens (tertiary/aromatic N) is 2. The number of aryl methyl sites for hydroxylation is 1. The molecule has 0 bridgehead atoms. The lowest BCUT2D eigenvalue weighted by molar-refractivity contribution is -0.141. The van der Waals surface area contributed by atoms with E-state index in [1.54, 1.807) is 55.5 Å². The highest BCUT2D eigenvalue weighted by atomic mass is 35.5. The Bertz CT molecular complexity index is 1520. The molecule has 9 nitrogen and oxygen atoms in total. The van der Waals surface area contributed by atoms with Crippen molar-refractivity contribution in [2.75, 3.05) is 25.1 Å². The van der Waals surface area contributed by atoms with E-state index >= 15 is 0 Å². The van der Waals surface area contributed by atoms with Gasteiger partial charge in [-0.3, -0.25) is 13.9 Å². The van der Waals surface area contributed by atoms with Gasteiger partial charge in [-0.25, -0.2) is 8.42 Å². The molecule has 1 N–H and O–H groups in total. The van der Waals surface area contributed by atoms with Gasteiger partial charge in [0.05, 0.1) is 24.8 Å². The molecule has 0 aliphatic heterocycles. The molecule has 11 heteroatoms. The molecule has 43 heavy (non-hydrogen) atoms. The van der Waals surface area contributed by atoms with E-state index in [4.69, 9.17) is 21.1 Å². The van der Waals surface area contributed by atoms with Crippen molar-refractivity contribution in [2.24, 2.45) is 0 Å². The molecule has 0 saturated carbocycles. The number of carbonyl (C=O) groups is 2. The third-order valence-corrected chi connectivity index (χ3v) is 8.72. The Labute approximate surface area is 259 Å². The number of hydrogen-bond donors (Lipinski definition) is 1. The van der Waals surface area contributed by atoms with Gasteiger partial charge in [0.1, 0.15) is 24.1 Å². The van der Waals surface area contributed by atoms with Crippen LogP contribution in [-0.2, 0) is 26.2 Å². The highest BCUT2D eigenvalue weighted by Crippen LogP contribution is 2.36. The molecule has 0 aliphatic carbocycles. The summed E-state index contributed by atoms with van der Waals surface area (Å²) in [5, 5.41) is 3.49. The fraction of sp³-hybridized carbons (Fsp3) is 0.375. The minimum absolute atomic E-state index is 0.00228. The number of hydrogen-bond acceptors (Lipinski definition) is 6. The summed E-state index contributed by atoms with van der Waals surface area (Å²) in [6, 6.07) is 17.1. The van der Waals surface area contributed by atoms with E-state index in [9.17, 15) is 18.0 Å². The second kappa shape index (κ2) is 14.1. The molecular formula is C32H40ClN3O6S. The van der Waals surface area contributed by atoms with Gasteiger partial charge >= 0.3 is 0 Å². The van der Waals surface area contributed by atoms with Crippen molar-refractivity contribution in [1.29, 1.82) is 0 Å². The molecule has 0 heterocycles. The SMILES string of the molecule is CC[C@@H](C(=O)NC(C)(C)C)N(Cc1ccc(Cl)cc1)C(=O)CN(c1cc(OC)ccc1OC)S(=O)(=O)c1ccc(C)cc1. The molecule has 0 saturated heterocycles. The van der Waals surface area contributed by atoms with Gasteiger partial charge in [-0.05, 0) is 76.1 Å². The van der Waals surface area contributed by atoms with Crippen LogP contribution in [0.2, 0.25) is 5.02 Å². The van der Waals surface area contributed by atoms with Crippen LogP contribution in [-0.4, -0.2) is 57.5 Å². The zero-order chi connectivity index (χ0) is 31.9. The Hall–Kier alpha value is -3.76. The highest BCUT2D eigenvalue weighted by molar-refractivity contribution is 7.92. The molecule has 0 aliphatic rings. The minimum Gasteiger partial charge on any atom is -0.497 e. The number of halogens is 1. The van der Waals surface area contributed by atoms with Gasteiger partial charge in [0.15, 0.2) is 0 Å². The highest BCUT2D eigenvalue weighted by Gasteiger charge is 2.35. The molecule has 3 rings (SSSR count). The average molecular weight is 630 g/mol. The largest absolute Gasteiger partial charge is 0.497 e. The fourth-order valence-electron chi connectivity index (χ4n) is 4.50. The van der Waals surface area contributed by atoms with Crippen LogP contribution in [0, 0.1) is 6.92 Å². The van der Waals surface area contributed by atoms with Crippen LogP contribution in [0.4, 0.5) is 5.69 Å². The van der Waals surface area contributed by atoms with Crippen LogP contribution in [0.1, 0.15) is 45.2 Å². The Balaban J connectivity index is 2.16. The third kappa shape index (κ3) is 8.64. The van der Waals surface area contributed by atoms with Crippen molar-refractivity contribution in [3.63, 3.8) is 0 Å². The van der Waals surface area contributed by atoms with Crippen LogP contribution < -0.4 is 19.1 Å². The van der Waals surface area contributed by atoms with E-state index in [-0.39, 0.29) is 28.8 Å². The normalized spacial score (nSPS) is 12.3. The Morgan fingerprint density at radius 1 is 0.953 bits per heavy atom. The molecule has 1 atom stereocenters. The lowest BCUT2D eigenvalue weighted by Gasteiger charge is -2.35. The summed E-state index contributed by atoms with van der Waals surface area (Å²) in [5.74, 6) is -0.317. The first-order valence-corrected chi connectivity index (χ1v) is 15.7. The third-order valence-electron chi connectivity index (χ3n) is 6.69. The first-order valence-electron chi connectivity index (χ1n) is 13.9. The zero-order valence-corrected chi connectivity index (χ0v) is 27.3. The maximum absolute atomic E-state index is 14.3. The first-order chi connectivity index (χ1) is 20.2. The van der Waals surface area contributed by atoms with E-state index in [0.717, 1.165) is 15.4 Å². The summed E-state index contributed by atoms with van der Waals surface area (Å²) in [6.45, 7) is 8.67. The summed E-state index contributed by atoms with van der Waals surface area (Å²) in [4.78, 5) is 29.2. The lowest BCUT2D eigenvalue weighted by atomic mass is 10.1. The Morgan fingerprint density at radius 2 is 1.58 bits per heavy atom. The number of ether oxygens (including phenoxy) is 2. The van der Waals surface area contributed by atoms with Crippen LogP contribution in [0.5, 0.6) is 11.5 Å². The van der Waals surface area contributed by atoms with E-state index in [1.165, 1.54) is 37.3 Å². The molecule has 0 spiro atoms. The van der Waals surface area contributed by atoms with Crippen molar-refractivity contribution in [3.8, 4) is 11.5 Å². The monoisotopic (exact) mass is 629 g/mol. The summed E-state index contributed by atoms with van der Waals surface area (Å²) < 4.78 is 40.3. The van der Waals surface area contributed by atoms with Gasteiger partial charge < -0.3 is 19.7 Å². The predicted octanol–water partition coefficient (Wildman–Crippen LogP) is 5.58. The quantitative estimate of drug-likeness (QED) is 0.280. The fourth-order valence-corrected chi connectivity index (χ4v) is 6.04. The van der Waals surface area contributed by atoms with E-state index in [0.29, 0.717) is 17.2 Å². The predicted molar refractivity (Wildman–Crippen MR) is 169 cm³/mol. The van der Waals surface area contributed by atoms with Crippen molar-refractivity contribution >= 4 is 39.1 Å². The Morgan fingerprint density at radius 3 is 2.12 bits per heavy atom. The number of benzene rings is 3. The van der Waals surface area contributed by atoms with Crippen LogP contribution in [0.15, 0.2) is 71.6 Å². The van der Waals surface area contributed by atoms with Crippen LogP contribution in [0.3, 0.4) is 0 Å². The number of amides is 2. The molecule has 3 aromatic carbocycles. The van der Waals surface area contributed by atoms with E-state index in [1.807, 2.05) is 27.7 Å². The van der Waals surface area contributed by atoms with Gasteiger partial charge in [0.2, 0.25) is 11.8 Å². The van der Waals surface area contributed by atoms with Crippen LogP contribution >= 0.6 is 11.6 Å². The zero-order valence-electron chi connectivity index (χ0n) is 25.7. The van der Waals surface area contributed by atoms with E-state index < -0.39 is 34.1 Å². The molecule has 0 unspecified atom stereocenters. The summed E-state index contributed by atoms with van der Waals surface area (Å²) in [7, 11) is -1.41. The number of carbonyl (C=O) groups excluding carboxylic acids is 2. The van der Waals surface area contributed by atoms with Crippen molar-refractivity contribution in [1.82, 2.24) is 10.2 Å². The Kier molecular flexibility index (Phi) is 11.1. The first kappa shape index (κ1) is 33.7. The molecular weight excluding hydrogens is 590 g/mol. The number of sulfonamides is 1. The van der Waals surface area contributed by atoms with Crippen molar-refractivity contribution < 1.29 is 27.5 Å². The van der Waals surface area contributed by atoms with Gasteiger partial charge in [-0.1, -0.05) is 48.4 Å². The van der Waals surface area contributed by atoms with Gasteiger partial charge in [-0.15, -0.1) is 0 Å². The van der Waals surface area contributed by atoms with Gasteiger partial charge in [0, 0.05) is 23.2 Å². The number of nitrogens with one attached hydrogen (secondary N) is 1. The molecule has 232 valence electrons. The lowest BCUT2D eigenvalue weighted by Crippen LogP contribution is -2.55. The molecule has 0 fully saturated rings. The van der Waals surface area contributed by atoms with Gasteiger partial charge in [0.25, 0.3) is 10.0 Å². The summed E-state index contributed by atoms with van der Waals surface area (Å²) in [5.41, 5.74) is 1.18. The van der Waals surface area contributed by atoms with Crippen molar-refractivity contribution in [3.05, 3.63) is 82.9 Å². The number of rotatable bonds is 12. The maximum Gasteiger partial charge on any atom is 0.264 e. The minimum atomic E-state index is -4.28. The number of methoxy groups -OCH3 is 2. The summed E-state index contributed by atoms with van der Waals surface area (Å²) >= 11 is 6.09.